The molecule has 0 spiro atoms. The van der Waals surface area contributed by atoms with E-state index in [4.69, 9.17) is 4.52 Å². The van der Waals surface area contributed by atoms with Crippen LogP contribution in [0.15, 0.2) is 34.9 Å². The van der Waals surface area contributed by atoms with Crippen LogP contribution in [0.3, 0.4) is 0 Å². The van der Waals surface area contributed by atoms with Gasteiger partial charge < -0.3 is 9.84 Å². The smallest absolute Gasteiger partial charge is 0.270 e. The van der Waals surface area contributed by atoms with Gasteiger partial charge >= 0.3 is 0 Å². The van der Waals surface area contributed by atoms with E-state index in [1.165, 1.54) is 11.3 Å². The predicted molar refractivity (Wildman–Crippen MR) is 93.9 cm³/mol. The fourth-order valence-electron chi connectivity index (χ4n) is 2.16. The van der Waals surface area contributed by atoms with Crippen molar-refractivity contribution in [3.63, 3.8) is 0 Å². The van der Waals surface area contributed by atoms with E-state index in [1.807, 2.05) is 44.2 Å². The average Bonchev–Trinajstić information content (AvgIpc) is 3.22. The number of hydrogen-bond donors (Lipinski definition) is 1. The minimum absolute atomic E-state index is 0.0684. The zero-order chi connectivity index (χ0) is 17.1. The van der Waals surface area contributed by atoms with Crippen LogP contribution in [0.4, 0.5) is 5.13 Å². The van der Waals surface area contributed by atoms with E-state index in [0.717, 1.165) is 16.1 Å². The molecule has 1 aromatic carbocycles. The Hall–Kier alpha value is -2.54. The maximum atomic E-state index is 11.6. The molecule has 2 aromatic heterocycles. The molecule has 2 heterocycles. The van der Waals surface area contributed by atoms with Crippen molar-refractivity contribution in [1.82, 2.24) is 15.1 Å². The van der Waals surface area contributed by atoms with E-state index in [0.29, 0.717) is 23.3 Å². The van der Waals surface area contributed by atoms with Crippen LogP contribution in [0, 0.1) is 0 Å². The van der Waals surface area contributed by atoms with Gasteiger partial charge in [-0.3, -0.25) is 4.79 Å². The summed E-state index contributed by atoms with van der Waals surface area (Å²) >= 11 is 1.35. The summed E-state index contributed by atoms with van der Waals surface area (Å²) in [7, 11) is 0. The van der Waals surface area contributed by atoms with E-state index in [9.17, 15) is 4.79 Å². The Kier molecular flexibility index (Phi) is 4.71. The number of anilines is 1. The van der Waals surface area contributed by atoms with E-state index in [2.05, 4.69) is 20.4 Å². The lowest BCUT2D eigenvalue weighted by atomic mass is 10.1. The van der Waals surface area contributed by atoms with Crippen molar-refractivity contribution in [1.29, 1.82) is 0 Å². The van der Waals surface area contributed by atoms with Crippen molar-refractivity contribution in [3.05, 3.63) is 36.0 Å². The van der Waals surface area contributed by atoms with Gasteiger partial charge in [0.05, 0.1) is 5.69 Å². The number of amides is 1. The molecule has 1 amide bonds. The van der Waals surface area contributed by atoms with Crippen molar-refractivity contribution >= 4 is 22.4 Å². The van der Waals surface area contributed by atoms with Gasteiger partial charge in [-0.2, -0.15) is 4.98 Å². The Bertz CT molecular complexity index is 839. The number of aromatic nitrogens is 3. The van der Waals surface area contributed by atoms with E-state index < -0.39 is 0 Å². The Labute approximate surface area is 143 Å². The molecule has 6 nitrogen and oxygen atoms in total. The molecule has 24 heavy (non-hydrogen) atoms. The number of benzene rings is 1. The summed E-state index contributed by atoms with van der Waals surface area (Å²) in [6, 6.07) is 9.65. The monoisotopic (exact) mass is 342 g/mol. The maximum Gasteiger partial charge on any atom is 0.270 e. The Morgan fingerprint density at radius 1 is 1.25 bits per heavy atom. The lowest BCUT2D eigenvalue weighted by Crippen LogP contribution is -2.09. The molecule has 1 N–H and O–H groups in total. The molecule has 7 heteroatoms. The third kappa shape index (κ3) is 3.35. The molecule has 0 aliphatic carbocycles. The topological polar surface area (TPSA) is 80.9 Å². The van der Waals surface area contributed by atoms with Crippen LogP contribution in [0.2, 0.25) is 0 Å². The third-order valence-electron chi connectivity index (χ3n) is 3.42. The summed E-state index contributed by atoms with van der Waals surface area (Å²) in [5.41, 5.74) is 1.73. The molecule has 0 fully saturated rings. The third-order valence-corrected chi connectivity index (χ3v) is 4.39. The van der Waals surface area contributed by atoms with Crippen molar-refractivity contribution < 1.29 is 9.32 Å². The van der Waals surface area contributed by atoms with Crippen molar-refractivity contribution in [2.24, 2.45) is 0 Å². The highest BCUT2D eigenvalue weighted by molar-refractivity contribution is 7.19. The van der Waals surface area contributed by atoms with E-state index >= 15 is 0 Å². The summed E-state index contributed by atoms with van der Waals surface area (Å²) in [5, 5.41) is 7.40. The summed E-state index contributed by atoms with van der Waals surface area (Å²) in [6.45, 7) is 5.88. The van der Waals surface area contributed by atoms with Gasteiger partial charge in [-0.1, -0.05) is 67.6 Å². The van der Waals surface area contributed by atoms with Crippen LogP contribution in [0.1, 0.15) is 38.8 Å². The van der Waals surface area contributed by atoms with Gasteiger partial charge in [-0.25, -0.2) is 4.98 Å². The number of nitrogens with one attached hydrogen (secondary N) is 1. The van der Waals surface area contributed by atoms with Crippen molar-refractivity contribution in [3.8, 4) is 22.2 Å². The molecule has 0 aliphatic rings. The summed E-state index contributed by atoms with van der Waals surface area (Å²) in [6.07, 6.45) is 0.407. The molecule has 3 rings (SSSR count). The highest BCUT2D eigenvalue weighted by Crippen LogP contribution is 2.36. The highest BCUT2D eigenvalue weighted by Gasteiger charge is 2.22. The second-order valence-corrected chi connectivity index (χ2v) is 6.58. The van der Waals surface area contributed by atoms with Crippen LogP contribution in [-0.2, 0) is 4.79 Å². The molecule has 0 atom stereocenters. The first-order chi connectivity index (χ1) is 11.6. The van der Waals surface area contributed by atoms with Gasteiger partial charge in [0.2, 0.25) is 11.7 Å². The normalized spacial score (nSPS) is 11.0. The van der Waals surface area contributed by atoms with E-state index in [1.54, 1.807) is 6.92 Å². The molecular formula is C17H18N4O2S. The lowest BCUT2D eigenvalue weighted by Gasteiger charge is -2.00. The van der Waals surface area contributed by atoms with Gasteiger partial charge in [0.25, 0.3) is 5.89 Å². The Balaban J connectivity index is 1.96. The van der Waals surface area contributed by atoms with Crippen LogP contribution in [0.5, 0.6) is 0 Å². The van der Waals surface area contributed by atoms with Gasteiger partial charge in [0, 0.05) is 12.0 Å². The number of hydrogen-bond acceptors (Lipinski definition) is 6. The molecule has 3 aromatic rings. The number of thiazole rings is 1. The van der Waals surface area contributed by atoms with Crippen LogP contribution >= 0.6 is 11.3 Å². The van der Waals surface area contributed by atoms with Gasteiger partial charge in [-0.15, -0.1) is 0 Å². The standard InChI is InChI=1S/C17H18N4O2S/c1-4-12(22)18-17-19-13(10(2)3)14(24-17)16-20-15(21-23-16)11-8-6-5-7-9-11/h5-10H,4H2,1-3H3,(H,18,19,22). The largest absolute Gasteiger partial charge is 0.333 e. The zero-order valence-electron chi connectivity index (χ0n) is 13.7. The second kappa shape index (κ2) is 6.92. The molecule has 0 unspecified atom stereocenters. The summed E-state index contributed by atoms with van der Waals surface area (Å²) in [5.74, 6) is 1.07. The van der Waals surface area contributed by atoms with Crippen molar-refractivity contribution in [2.75, 3.05) is 5.32 Å². The van der Waals surface area contributed by atoms with Gasteiger partial charge in [-0.05, 0) is 5.92 Å². The molecule has 0 bridgehead atoms. The minimum atomic E-state index is -0.0684. The van der Waals surface area contributed by atoms with Crippen LogP contribution < -0.4 is 5.32 Å². The first-order valence-corrected chi connectivity index (χ1v) is 8.60. The van der Waals surface area contributed by atoms with Gasteiger partial charge in [0.15, 0.2) is 5.13 Å². The molecule has 124 valence electrons. The summed E-state index contributed by atoms with van der Waals surface area (Å²) in [4.78, 5) is 21.4. The number of carbonyl (C=O) groups excluding carboxylic acids is 1. The average molecular weight is 342 g/mol. The molecular weight excluding hydrogens is 324 g/mol. The number of rotatable bonds is 5. The lowest BCUT2D eigenvalue weighted by molar-refractivity contribution is -0.115. The predicted octanol–water partition coefficient (Wildman–Crippen LogP) is 4.33. The fourth-order valence-corrected chi connectivity index (χ4v) is 3.22. The van der Waals surface area contributed by atoms with Crippen LogP contribution in [-0.4, -0.2) is 21.0 Å². The van der Waals surface area contributed by atoms with Crippen LogP contribution in [0.25, 0.3) is 22.2 Å². The summed E-state index contributed by atoms with van der Waals surface area (Å²) < 4.78 is 5.44. The molecule has 0 saturated carbocycles. The Morgan fingerprint density at radius 2 is 2.00 bits per heavy atom. The second-order valence-electron chi connectivity index (χ2n) is 5.58. The number of carbonyl (C=O) groups is 1. The van der Waals surface area contributed by atoms with Crippen molar-refractivity contribution in [2.45, 2.75) is 33.1 Å². The minimum Gasteiger partial charge on any atom is -0.333 e. The quantitative estimate of drug-likeness (QED) is 0.746. The highest BCUT2D eigenvalue weighted by atomic mass is 32.1. The number of nitrogens with zero attached hydrogens (tertiary/aromatic N) is 3. The van der Waals surface area contributed by atoms with E-state index in [-0.39, 0.29) is 11.8 Å². The maximum absolute atomic E-state index is 11.6. The molecule has 0 radical (unpaired) electrons. The molecule has 0 aliphatic heterocycles. The first kappa shape index (κ1) is 16.3. The molecule has 0 saturated heterocycles. The Morgan fingerprint density at radius 3 is 2.67 bits per heavy atom. The van der Waals surface area contributed by atoms with Gasteiger partial charge in [0.1, 0.15) is 4.88 Å². The SMILES string of the molecule is CCC(=O)Nc1nc(C(C)C)c(-c2nc(-c3ccccc3)no2)s1. The first-order valence-electron chi connectivity index (χ1n) is 7.78. The fraction of sp³-hybridized carbons (Fsp3) is 0.294. The zero-order valence-corrected chi connectivity index (χ0v) is 14.6.